The molecule has 0 saturated heterocycles. The van der Waals surface area contributed by atoms with Crippen molar-refractivity contribution in [3.05, 3.63) is 0 Å². The number of hydrogen-bond donors (Lipinski definition) is 3. The predicted octanol–water partition coefficient (Wildman–Crippen LogP) is 0.594. The number of phosphoric acid groups is 1. The third-order valence-corrected chi connectivity index (χ3v) is 6.02. The number of carbonyl (C=O) groups excluding carboxylic acids is 1. The van der Waals surface area contributed by atoms with Crippen molar-refractivity contribution in [3.8, 4) is 0 Å². The Hall–Kier alpha value is -0.470. The highest BCUT2D eigenvalue weighted by Crippen LogP contribution is 2.43. The van der Waals surface area contributed by atoms with Gasteiger partial charge in [0.1, 0.15) is 0 Å². The van der Waals surface area contributed by atoms with Gasteiger partial charge >= 0.3 is 7.82 Å². The summed E-state index contributed by atoms with van der Waals surface area (Å²) in [6, 6.07) is 0. The molecule has 1 rings (SSSR count). The van der Waals surface area contributed by atoms with Crippen LogP contribution in [-0.2, 0) is 23.7 Å². The van der Waals surface area contributed by atoms with Gasteiger partial charge in [-0.25, -0.2) is 13.0 Å². The molecule has 1 amide bonds. The Bertz CT molecular complexity index is 524. The summed E-state index contributed by atoms with van der Waals surface area (Å²) in [7, 11) is -8.38. The fourth-order valence-electron chi connectivity index (χ4n) is 3.06. The van der Waals surface area contributed by atoms with Gasteiger partial charge in [-0.05, 0) is 25.2 Å². The summed E-state index contributed by atoms with van der Waals surface area (Å²) in [6.45, 7) is 1.41. The quantitative estimate of drug-likeness (QED) is 0.542. The van der Waals surface area contributed by atoms with E-state index in [9.17, 15) is 17.8 Å². The minimum Gasteiger partial charge on any atom is -0.356 e. The van der Waals surface area contributed by atoms with Crippen molar-refractivity contribution in [2.75, 3.05) is 12.8 Å². The van der Waals surface area contributed by atoms with Crippen molar-refractivity contribution in [1.29, 1.82) is 0 Å². The van der Waals surface area contributed by atoms with E-state index in [1.54, 1.807) is 0 Å². The second kappa shape index (κ2) is 7.88. The number of phosphoric ester groups is 1. The molecule has 130 valence electrons. The van der Waals surface area contributed by atoms with E-state index >= 15 is 0 Å². The number of sulfone groups is 1. The highest BCUT2D eigenvalue weighted by molar-refractivity contribution is 7.91. The fraction of sp³-hybridized carbons (Fsp3) is 0.917. The largest absolute Gasteiger partial charge is 0.469 e. The van der Waals surface area contributed by atoms with Crippen LogP contribution in [0.1, 0.15) is 39.0 Å². The molecule has 0 bridgehead atoms. The zero-order chi connectivity index (χ0) is 17.0. The average Bonchev–Trinajstić information content (AvgIpc) is 2.77. The van der Waals surface area contributed by atoms with Gasteiger partial charge in [-0.1, -0.05) is 12.8 Å². The summed E-state index contributed by atoms with van der Waals surface area (Å²) in [5.74, 6) is -0.476. The molecule has 0 radical (unpaired) electrons. The molecule has 0 spiro atoms. The lowest BCUT2D eigenvalue weighted by Crippen LogP contribution is -2.42. The van der Waals surface area contributed by atoms with Gasteiger partial charge in [0.2, 0.25) is 5.91 Å². The lowest BCUT2D eigenvalue weighted by atomic mass is 9.97. The summed E-state index contributed by atoms with van der Waals surface area (Å²) in [5.41, 5.74) is 0. The molecule has 8 nitrogen and oxygen atoms in total. The van der Waals surface area contributed by atoms with E-state index in [2.05, 4.69) is 5.32 Å². The maximum absolute atomic E-state index is 12.1. The van der Waals surface area contributed by atoms with Gasteiger partial charge in [-0.15, -0.1) is 0 Å². The summed E-state index contributed by atoms with van der Waals surface area (Å²) in [5, 5.41) is 1.52. The predicted molar refractivity (Wildman–Crippen MR) is 80.8 cm³/mol. The van der Waals surface area contributed by atoms with E-state index in [0.717, 1.165) is 19.1 Å². The molecule has 22 heavy (non-hydrogen) atoms. The van der Waals surface area contributed by atoms with Gasteiger partial charge in [0.05, 0.1) is 11.4 Å². The lowest BCUT2D eigenvalue weighted by molar-refractivity contribution is -0.119. The van der Waals surface area contributed by atoms with Crippen molar-refractivity contribution in [3.63, 3.8) is 0 Å². The van der Waals surface area contributed by atoms with Crippen LogP contribution < -0.4 is 5.32 Å². The molecule has 2 unspecified atom stereocenters. The lowest BCUT2D eigenvalue weighted by Gasteiger charge is -2.30. The molecule has 2 atom stereocenters. The molecule has 1 aliphatic carbocycles. The molecule has 0 aromatic carbocycles. The Kier molecular flexibility index (Phi) is 7.01. The molecule has 0 heterocycles. The zero-order valence-electron chi connectivity index (χ0n) is 12.8. The zero-order valence-corrected chi connectivity index (χ0v) is 14.5. The van der Waals surface area contributed by atoms with Crippen molar-refractivity contribution in [2.45, 2.75) is 50.4 Å². The van der Waals surface area contributed by atoms with E-state index in [4.69, 9.17) is 14.3 Å². The number of hydrogen-bond acceptors (Lipinski definition) is 5. The summed E-state index contributed by atoms with van der Waals surface area (Å²) in [6.07, 6.45) is 3.11. The SMILES string of the molecule is CC(=O)NCCC(OP(=O)(O)O)C(C1CCCC1)S(C)(=O)=O. The first-order valence-electron chi connectivity index (χ1n) is 7.18. The number of carbonyl (C=O) groups is 1. The topological polar surface area (TPSA) is 130 Å². The minimum atomic E-state index is -4.83. The van der Waals surface area contributed by atoms with Crippen LogP contribution in [0.4, 0.5) is 0 Å². The van der Waals surface area contributed by atoms with Gasteiger partial charge in [-0.3, -0.25) is 9.32 Å². The first-order valence-corrected chi connectivity index (χ1v) is 10.7. The Balaban J connectivity index is 2.96. The standard InChI is InChI=1S/C12H24NO7PS/c1-9(14)13-8-7-11(20-21(15,16)17)12(22(2,18)19)10-5-3-4-6-10/h10-12H,3-8H2,1-2H3,(H,13,14)(H2,15,16,17). The first kappa shape index (κ1) is 19.6. The minimum absolute atomic E-state index is 0.0267. The van der Waals surface area contributed by atoms with Crippen molar-refractivity contribution >= 4 is 23.6 Å². The van der Waals surface area contributed by atoms with E-state index in [0.29, 0.717) is 12.8 Å². The molecule has 1 fully saturated rings. The van der Waals surface area contributed by atoms with Crippen molar-refractivity contribution in [1.82, 2.24) is 5.32 Å². The van der Waals surface area contributed by atoms with Crippen LogP contribution in [-0.4, -0.2) is 48.3 Å². The molecule has 10 heteroatoms. The molecule has 1 aliphatic rings. The molecule has 0 aromatic heterocycles. The van der Waals surface area contributed by atoms with Gasteiger partial charge in [0, 0.05) is 19.7 Å². The number of nitrogens with one attached hydrogen (secondary N) is 1. The van der Waals surface area contributed by atoms with E-state index in [-0.39, 0.29) is 24.8 Å². The Labute approximate surface area is 130 Å². The maximum Gasteiger partial charge on any atom is 0.469 e. The fourth-order valence-corrected chi connectivity index (χ4v) is 5.44. The summed E-state index contributed by atoms with van der Waals surface area (Å²) < 4.78 is 40.2. The van der Waals surface area contributed by atoms with Crippen LogP contribution in [0.5, 0.6) is 0 Å². The smallest absolute Gasteiger partial charge is 0.356 e. The average molecular weight is 357 g/mol. The third-order valence-electron chi connectivity index (χ3n) is 3.80. The number of amides is 1. The van der Waals surface area contributed by atoms with Crippen LogP contribution in [0.2, 0.25) is 0 Å². The third kappa shape index (κ3) is 6.75. The Morgan fingerprint density at radius 1 is 1.36 bits per heavy atom. The second-order valence-corrected chi connectivity index (χ2v) is 9.14. The van der Waals surface area contributed by atoms with E-state index < -0.39 is 29.0 Å². The van der Waals surface area contributed by atoms with Crippen molar-refractivity contribution in [2.24, 2.45) is 5.92 Å². The molecular formula is C12H24NO7PS. The van der Waals surface area contributed by atoms with E-state index in [1.165, 1.54) is 6.92 Å². The van der Waals surface area contributed by atoms with Crippen LogP contribution in [0.25, 0.3) is 0 Å². The molecule has 0 aliphatic heterocycles. The van der Waals surface area contributed by atoms with Gasteiger partial charge in [0.25, 0.3) is 0 Å². The highest BCUT2D eigenvalue weighted by atomic mass is 32.2. The first-order chi connectivity index (χ1) is 10.0. The van der Waals surface area contributed by atoms with Crippen LogP contribution in [0, 0.1) is 5.92 Å². The maximum atomic E-state index is 12.1. The van der Waals surface area contributed by atoms with Crippen LogP contribution in [0.15, 0.2) is 0 Å². The molecular weight excluding hydrogens is 333 g/mol. The van der Waals surface area contributed by atoms with Crippen LogP contribution >= 0.6 is 7.82 Å². The summed E-state index contributed by atoms with van der Waals surface area (Å²) >= 11 is 0. The molecule has 3 N–H and O–H groups in total. The second-order valence-electron chi connectivity index (χ2n) is 5.74. The monoisotopic (exact) mass is 357 g/mol. The summed E-state index contributed by atoms with van der Waals surface area (Å²) in [4.78, 5) is 29.0. The van der Waals surface area contributed by atoms with Gasteiger partial charge in [-0.2, -0.15) is 0 Å². The Morgan fingerprint density at radius 3 is 2.32 bits per heavy atom. The molecule has 0 aromatic rings. The Morgan fingerprint density at radius 2 is 1.91 bits per heavy atom. The molecule has 1 saturated carbocycles. The van der Waals surface area contributed by atoms with Crippen LogP contribution in [0.3, 0.4) is 0 Å². The van der Waals surface area contributed by atoms with Gasteiger partial charge in [0.15, 0.2) is 9.84 Å². The normalized spacial score (nSPS) is 19.8. The van der Waals surface area contributed by atoms with E-state index in [1.807, 2.05) is 0 Å². The highest BCUT2D eigenvalue weighted by Gasteiger charge is 2.41. The van der Waals surface area contributed by atoms with Crippen molar-refractivity contribution < 1.29 is 32.1 Å². The van der Waals surface area contributed by atoms with Gasteiger partial charge < -0.3 is 15.1 Å². The number of rotatable bonds is 8.